The van der Waals surface area contributed by atoms with Gasteiger partial charge in [0.2, 0.25) is 0 Å². The molecule has 0 aliphatic heterocycles. The molecule has 0 bridgehead atoms. The number of aromatic amines is 1. The smallest absolute Gasteiger partial charge is 0.345 e. The molecule has 0 atom stereocenters. The van der Waals surface area contributed by atoms with Crippen molar-refractivity contribution in [3.05, 3.63) is 93.7 Å². The molecular formula is C20H18N4O3. The molecule has 0 spiro atoms. The van der Waals surface area contributed by atoms with Gasteiger partial charge < -0.3 is 9.72 Å². The van der Waals surface area contributed by atoms with Gasteiger partial charge in [-0.05, 0) is 30.7 Å². The number of hydrogen-bond donors (Lipinski definition) is 2. The first kappa shape index (κ1) is 18.1. The number of aryl methyl sites for hydroxylation is 1. The highest BCUT2D eigenvalue weighted by Gasteiger charge is 2.08. The summed E-state index contributed by atoms with van der Waals surface area (Å²) >= 11 is 0. The second kappa shape index (κ2) is 8.57. The summed E-state index contributed by atoms with van der Waals surface area (Å²) in [6.07, 6.45) is 1.53. The zero-order valence-electron chi connectivity index (χ0n) is 14.7. The highest BCUT2D eigenvalue weighted by Crippen LogP contribution is 2.13. The maximum absolute atomic E-state index is 12.1. The van der Waals surface area contributed by atoms with Crippen LogP contribution in [-0.2, 0) is 6.61 Å². The molecule has 0 unspecified atom stereocenters. The van der Waals surface area contributed by atoms with E-state index in [-0.39, 0.29) is 5.69 Å². The molecule has 0 aliphatic carbocycles. The second-order valence-electron chi connectivity index (χ2n) is 5.75. The first-order valence-corrected chi connectivity index (χ1v) is 8.29. The van der Waals surface area contributed by atoms with Crippen LogP contribution in [-0.4, -0.2) is 22.1 Å². The normalized spacial score (nSPS) is 10.7. The molecule has 0 fully saturated rings. The SMILES string of the molecule is Cc1cc(C(=O)N/N=C/c2ccccc2COc2ccccc2)nc(=O)[nH]1. The van der Waals surface area contributed by atoms with Crippen LogP contribution in [0.25, 0.3) is 0 Å². The molecule has 1 heterocycles. The van der Waals surface area contributed by atoms with Crippen molar-refractivity contribution >= 4 is 12.1 Å². The van der Waals surface area contributed by atoms with Crippen LogP contribution < -0.4 is 15.9 Å². The van der Waals surface area contributed by atoms with E-state index in [0.717, 1.165) is 16.9 Å². The number of carbonyl (C=O) groups is 1. The Kier molecular flexibility index (Phi) is 5.73. The first-order valence-electron chi connectivity index (χ1n) is 8.29. The summed E-state index contributed by atoms with van der Waals surface area (Å²) in [5.41, 5.74) is 4.09. The zero-order valence-corrected chi connectivity index (χ0v) is 14.7. The quantitative estimate of drug-likeness (QED) is 0.520. The van der Waals surface area contributed by atoms with E-state index >= 15 is 0 Å². The molecule has 7 nitrogen and oxygen atoms in total. The number of ether oxygens (including phenoxy) is 1. The van der Waals surface area contributed by atoms with Gasteiger partial charge in [-0.15, -0.1) is 0 Å². The summed E-state index contributed by atoms with van der Waals surface area (Å²) in [4.78, 5) is 29.5. The summed E-state index contributed by atoms with van der Waals surface area (Å²) in [6, 6.07) is 18.6. The van der Waals surface area contributed by atoms with Gasteiger partial charge in [-0.3, -0.25) is 4.79 Å². The molecule has 1 amide bonds. The van der Waals surface area contributed by atoms with Crippen LogP contribution in [0.15, 0.2) is 70.6 Å². The van der Waals surface area contributed by atoms with Crippen LogP contribution in [0.1, 0.15) is 27.3 Å². The van der Waals surface area contributed by atoms with Gasteiger partial charge >= 0.3 is 5.69 Å². The molecule has 3 rings (SSSR count). The number of carbonyl (C=O) groups excluding carboxylic acids is 1. The average molecular weight is 362 g/mol. The van der Waals surface area contributed by atoms with Gasteiger partial charge in [0.1, 0.15) is 18.1 Å². The van der Waals surface area contributed by atoms with Crippen LogP contribution >= 0.6 is 0 Å². The van der Waals surface area contributed by atoms with Crippen molar-refractivity contribution in [3.8, 4) is 5.75 Å². The Morgan fingerprint density at radius 1 is 1.19 bits per heavy atom. The molecule has 0 aliphatic rings. The molecule has 27 heavy (non-hydrogen) atoms. The Morgan fingerprint density at radius 3 is 2.70 bits per heavy atom. The topological polar surface area (TPSA) is 96.4 Å². The van der Waals surface area contributed by atoms with E-state index in [4.69, 9.17) is 4.74 Å². The van der Waals surface area contributed by atoms with Gasteiger partial charge in [0.15, 0.2) is 0 Å². The third kappa shape index (κ3) is 5.12. The molecular weight excluding hydrogens is 344 g/mol. The standard InChI is InChI=1S/C20H18N4O3/c1-14-11-18(23-20(26)22-14)19(25)24-21-12-15-7-5-6-8-16(15)13-27-17-9-3-2-4-10-17/h2-12H,13H2,1H3,(H,24,25)(H,22,23,26)/b21-12+. The molecule has 136 valence electrons. The summed E-state index contributed by atoms with van der Waals surface area (Å²) in [6.45, 7) is 2.04. The van der Waals surface area contributed by atoms with E-state index in [0.29, 0.717) is 12.3 Å². The molecule has 2 N–H and O–H groups in total. The van der Waals surface area contributed by atoms with Crippen molar-refractivity contribution in [2.24, 2.45) is 5.10 Å². The van der Waals surface area contributed by atoms with Crippen LogP contribution in [0.2, 0.25) is 0 Å². The van der Waals surface area contributed by atoms with Crippen molar-refractivity contribution in [2.45, 2.75) is 13.5 Å². The molecule has 0 saturated carbocycles. The monoisotopic (exact) mass is 362 g/mol. The lowest BCUT2D eigenvalue weighted by Gasteiger charge is -2.08. The fourth-order valence-corrected chi connectivity index (χ4v) is 2.38. The Morgan fingerprint density at radius 2 is 1.93 bits per heavy atom. The third-order valence-electron chi connectivity index (χ3n) is 3.67. The van der Waals surface area contributed by atoms with Crippen molar-refractivity contribution in [1.29, 1.82) is 0 Å². The third-order valence-corrected chi connectivity index (χ3v) is 3.67. The molecule has 7 heteroatoms. The number of amides is 1. The van der Waals surface area contributed by atoms with Gasteiger partial charge in [-0.1, -0.05) is 42.5 Å². The van der Waals surface area contributed by atoms with Crippen LogP contribution in [0.4, 0.5) is 0 Å². The van der Waals surface area contributed by atoms with Crippen molar-refractivity contribution in [1.82, 2.24) is 15.4 Å². The highest BCUT2D eigenvalue weighted by molar-refractivity contribution is 5.93. The van der Waals surface area contributed by atoms with E-state index in [9.17, 15) is 9.59 Å². The molecule has 3 aromatic rings. The summed E-state index contributed by atoms with van der Waals surface area (Å²) in [5, 5.41) is 3.96. The number of rotatable bonds is 6. The van der Waals surface area contributed by atoms with E-state index in [2.05, 4.69) is 20.5 Å². The minimum atomic E-state index is -0.576. The van der Waals surface area contributed by atoms with E-state index in [1.165, 1.54) is 12.3 Å². The van der Waals surface area contributed by atoms with Crippen LogP contribution in [0.5, 0.6) is 5.75 Å². The zero-order chi connectivity index (χ0) is 19.1. The number of hydrazone groups is 1. The maximum Gasteiger partial charge on any atom is 0.345 e. The molecule has 2 aromatic carbocycles. The first-order chi connectivity index (χ1) is 13.1. The number of benzene rings is 2. The largest absolute Gasteiger partial charge is 0.489 e. The van der Waals surface area contributed by atoms with E-state index in [1.807, 2.05) is 54.6 Å². The highest BCUT2D eigenvalue weighted by atomic mass is 16.5. The van der Waals surface area contributed by atoms with Crippen molar-refractivity contribution in [2.75, 3.05) is 0 Å². The Hall–Kier alpha value is -3.74. The van der Waals surface area contributed by atoms with Gasteiger partial charge in [-0.25, -0.2) is 10.2 Å². The molecule has 0 saturated heterocycles. The Bertz CT molecular complexity index is 1010. The predicted octanol–water partition coefficient (Wildman–Crippen LogP) is 2.42. The van der Waals surface area contributed by atoms with Gasteiger partial charge in [0.25, 0.3) is 5.91 Å². The fraction of sp³-hybridized carbons (Fsp3) is 0.100. The van der Waals surface area contributed by atoms with Crippen molar-refractivity contribution < 1.29 is 9.53 Å². The lowest BCUT2D eigenvalue weighted by molar-refractivity contribution is 0.0949. The van der Waals surface area contributed by atoms with Crippen LogP contribution in [0.3, 0.4) is 0 Å². The lowest BCUT2D eigenvalue weighted by Crippen LogP contribution is -2.24. The van der Waals surface area contributed by atoms with Crippen LogP contribution in [0, 0.1) is 6.92 Å². The summed E-state index contributed by atoms with van der Waals surface area (Å²) in [7, 11) is 0. The van der Waals surface area contributed by atoms with Gasteiger partial charge in [-0.2, -0.15) is 10.1 Å². The minimum absolute atomic E-state index is 0.00842. The van der Waals surface area contributed by atoms with Gasteiger partial charge in [0.05, 0.1) is 6.21 Å². The lowest BCUT2D eigenvalue weighted by atomic mass is 10.1. The number of H-pyrrole nitrogens is 1. The average Bonchev–Trinajstić information content (AvgIpc) is 2.67. The second-order valence-corrected chi connectivity index (χ2v) is 5.75. The number of nitrogens with zero attached hydrogens (tertiary/aromatic N) is 2. The van der Waals surface area contributed by atoms with E-state index in [1.54, 1.807) is 6.92 Å². The van der Waals surface area contributed by atoms with Gasteiger partial charge in [0, 0.05) is 11.3 Å². The summed E-state index contributed by atoms with van der Waals surface area (Å²) in [5.74, 6) is 0.215. The van der Waals surface area contributed by atoms with E-state index < -0.39 is 11.6 Å². The fourth-order valence-electron chi connectivity index (χ4n) is 2.38. The summed E-state index contributed by atoms with van der Waals surface area (Å²) < 4.78 is 5.76. The maximum atomic E-state index is 12.1. The molecule has 1 aromatic heterocycles. The Balaban J connectivity index is 1.66. The molecule has 0 radical (unpaired) electrons. The number of para-hydroxylation sites is 1. The number of aromatic nitrogens is 2. The number of nitrogens with one attached hydrogen (secondary N) is 2. The number of hydrogen-bond acceptors (Lipinski definition) is 5. The Labute approximate surface area is 155 Å². The minimum Gasteiger partial charge on any atom is -0.489 e. The predicted molar refractivity (Wildman–Crippen MR) is 102 cm³/mol. The van der Waals surface area contributed by atoms with Crippen molar-refractivity contribution in [3.63, 3.8) is 0 Å².